The Labute approximate surface area is 118 Å². The Bertz CT molecular complexity index is 498. The Morgan fingerprint density at radius 1 is 1.20 bits per heavy atom. The highest BCUT2D eigenvalue weighted by Gasteiger charge is 2.15. The molecule has 0 bridgehead atoms. The lowest BCUT2D eigenvalue weighted by Gasteiger charge is -2.18. The third kappa shape index (κ3) is 5.65. The van der Waals surface area contributed by atoms with Crippen molar-refractivity contribution in [2.75, 3.05) is 13.7 Å². The van der Waals surface area contributed by atoms with Crippen LogP contribution in [0.25, 0.3) is 0 Å². The van der Waals surface area contributed by atoms with Gasteiger partial charge in [-0.05, 0) is 38.5 Å². The van der Waals surface area contributed by atoms with Gasteiger partial charge in [0.25, 0.3) is 0 Å². The van der Waals surface area contributed by atoms with Gasteiger partial charge in [-0.2, -0.15) is 0 Å². The Hall–Kier alpha value is -2.17. The van der Waals surface area contributed by atoms with Crippen LogP contribution in [0.15, 0.2) is 29.3 Å². The summed E-state index contributed by atoms with van der Waals surface area (Å²) in [5, 5.41) is 0. The largest absolute Gasteiger partial charge is 0.465 e. The number of hydrogen-bond donors (Lipinski definition) is 0. The maximum Gasteiger partial charge on any atom is 0.337 e. The Morgan fingerprint density at radius 2 is 1.80 bits per heavy atom. The smallest absolute Gasteiger partial charge is 0.337 e. The van der Waals surface area contributed by atoms with E-state index in [0.717, 1.165) is 5.56 Å². The van der Waals surface area contributed by atoms with E-state index in [1.165, 1.54) is 7.11 Å². The zero-order valence-electron chi connectivity index (χ0n) is 12.2. The molecule has 20 heavy (non-hydrogen) atoms. The lowest BCUT2D eigenvalue weighted by Crippen LogP contribution is -2.25. The van der Waals surface area contributed by atoms with Gasteiger partial charge in [-0.3, -0.25) is 9.79 Å². The van der Waals surface area contributed by atoms with Crippen LogP contribution in [0, 0.1) is 0 Å². The molecule has 0 radical (unpaired) electrons. The van der Waals surface area contributed by atoms with Gasteiger partial charge >= 0.3 is 11.9 Å². The fraction of sp³-hybridized carbons (Fsp3) is 0.400. The number of ether oxygens (including phenoxy) is 2. The first-order valence-corrected chi connectivity index (χ1v) is 6.22. The van der Waals surface area contributed by atoms with Gasteiger partial charge in [-0.1, -0.05) is 12.1 Å². The van der Waals surface area contributed by atoms with Gasteiger partial charge in [-0.15, -0.1) is 0 Å². The molecule has 108 valence electrons. The van der Waals surface area contributed by atoms with E-state index < -0.39 is 5.60 Å². The van der Waals surface area contributed by atoms with Crippen molar-refractivity contribution in [2.24, 2.45) is 4.99 Å². The van der Waals surface area contributed by atoms with Gasteiger partial charge in [0.15, 0.2) is 0 Å². The molecule has 0 heterocycles. The first kappa shape index (κ1) is 15.9. The fourth-order valence-corrected chi connectivity index (χ4v) is 1.42. The lowest BCUT2D eigenvalue weighted by atomic mass is 10.1. The molecule has 0 aliphatic rings. The molecule has 5 heteroatoms. The second-order valence-electron chi connectivity index (χ2n) is 5.17. The average molecular weight is 277 g/mol. The molecular weight excluding hydrogens is 258 g/mol. The third-order valence-electron chi connectivity index (χ3n) is 2.21. The predicted molar refractivity (Wildman–Crippen MR) is 76.1 cm³/mol. The van der Waals surface area contributed by atoms with Crippen molar-refractivity contribution < 1.29 is 19.1 Å². The Morgan fingerprint density at radius 3 is 2.30 bits per heavy atom. The molecule has 0 spiro atoms. The quantitative estimate of drug-likeness (QED) is 0.625. The second-order valence-corrected chi connectivity index (χ2v) is 5.17. The molecule has 0 amide bonds. The maximum atomic E-state index is 11.4. The second kappa shape index (κ2) is 6.84. The van der Waals surface area contributed by atoms with Crippen molar-refractivity contribution in [3.63, 3.8) is 0 Å². The number of rotatable bonds is 4. The topological polar surface area (TPSA) is 65.0 Å². The first-order chi connectivity index (χ1) is 9.31. The lowest BCUT2D eigenvalue weighted by molar-refractivity contribution is -0.152. The molecule has 0 saturated heterocycles. The van der Waals surface area contributed by atoms with E-state index in [1.807, 2.05) is 0 Å². The molecule has 0 saturated carbocycles. The van der Waals surface area contributed by atoms with E-state index in [4.69, 9.17) is 4.74 Å². The van der Waals surface area contributed by atoms with E-state index in [9.17, 15) is 9.59 Å². The fourth-order valence-electron chi connectivity index (χ4n) is 1.42. The number of carbonyl (C=O) groups excluding carboxylic acids is 2. The number of carbonyl (C=O) groups is 2. The Kier molecular flexibility index (Phi) is 5.43. The van der Waals surface area contributed by atoms with Crippen molar-refractivity contribution in [3.8, 4) is 0 Å². The van der Waals surface area contributed by atoms with Crippen LogP contribution < -0.4 is 0 Å². The highest BCUT2D eigenvalue weighted by molar-refractivity contribution is 5.90. The summed E-state index contributed by atoms with van der Waals surface area (Å²) in [6.07, 6.45) is 1.56. The van der Waals surface area contributed by atoms with E-state index in [1.54, 1.807) is 51.3 Å². The number of nitrogens with zero attached hydrogens (tertiary/aromatic N) is 1. The van der Waals surface area contributed by atoms with E-state index in [2.05, 4.69) is 9.73 Å². The number of benzene rings is 1. The minimum Gasteiger partial charge on any atom is -0.465 e. The minimum atomic E-state index is -0.505. The van der Waals surface area contributed by atoms with E-state index in [-0.39, 0.29) is 18.5 Å². The molecular formula is C15H19NO4. The van der Waals surface area contributed by atoms with Crippen LogP contribution in [0.5, 0.6) is 0 Å². The summed E-state index contributed by atoms with van der Waals surface area (Å²) in [5.41, 5.74) is 0.757. The summed E-state index contributed by atoms with van der Waals surface area (Å²) in [6, 6.07) is 6.73. The highest BCUT2D eigenvalue weighted by Crippen LogP contribution is 2.07. The molecule has 0 aliphatic heterocycles. The molecule has 0 unspecified atom stereocenters. The molecule has 0 aromatic heterocycles. The number of methoxy groups -OCH3 is 1. The van der Waals surface area contributed by atoms with E-state index in [0.29, 0.717) is 5.56 Å². The van der Waals surface area contributed by atoms with Crippen molar-refractivity contribution in [2.45, 2.75) is 26.4 Å². The summed E-state index contributed by atoms with van der Waals surface area (Å²) in [4.78, 5) is 26.7. The van der Waals surface area contributed by atoms with E-state index >= 15 is 0 Å². The predicted octanol–water partition coefficient (Wildman–Crippen LogP) is 2.23. The van der Waals surface area contributed by atoms with Crippen LogP contribution in [0.4, 0.5) is 0 Å². The minimum absolute atomic E-state index is 0.0317. The van der Waals surface area contributed by atoms with Crippen LogP contribution in [-0.4, -0.2) is 37.4 Å². The zero-order valence-corrected chi connectivity index (χ0v) is 12.2. The van der Waals surface area contributed by atoms with Gasteiger partial charge in [-0.25, -0.2) is 4.79 Å². The third-order valence-corrected chi connectivity index (χ3v) is 2.21. The molecule has 0 atom stereocenters. The van der Waals surface area contributed by atoms with Gasteiger partial charge in [0, 0.05) is 6.21 Å². The summed E-state index contributed by atoms with van der Waals surface area (Å²) in [7, 11) is 1.33. The highest BCUT2D eigenvalue weighted by atomic mass is 16.6. The molecule has 1 aromatic rings. The monoisotopic (exact) mass is 277 g/mol. The number of aliphatic imine (C=N–C) groups is 1. The normalized spacial score (nSPS) is 11.4. The van der Waals surface area contributed by atoms with Gasteiger partial charge in [0.1, 0.15) is 12.1 Å². The Balaban J connectivity index is 2.54. The summed E-state index contributed by atoms with van der Waals surface area (Å²) in [6.45, 7) is 5.39. The standard InChI is InChI=1S/C15H19NO4/c1-15(2,3)20-13(17)10-16-9-11-5-7-12(8-6-11)14(18)19-4/h5-9H,10H2,1-4H3/b16-9+. The molecule has 1 rings (SSSR count). The zero-order chi connectivity index (χ0) is 15.2. The van der Waals surface area contributed by atoms with Gasteiger partial charge in [0.2, 0.25) is 0 Å². The molecule has 0 fully saturated rings. The van der Waals surface area contributed by atoms with Gasteiger partial charge in [0.05, 0.1) is 12.7 Å². The SMILES string of the molecule is COC(=O)c1ccc(/C=N/CC(=O)OC(C)(C)C)cc1. The average Bonchev–Trinajstić information content (AvgIpc) is 2.36. The van der Waals surface area contributed by atoms with Crippen molar-refractivity contribution >= 4 is 18.2 Å². The molecule has 0 N–H and O–H groups in total. The molecule has 5 nitrogen and oxygen atoms in total. The molecule has 1 aromatic carbocycles. The number of esters is 2. The van der Waals surface area contributed by atoms with Crippen LogP contribution in [-0.2, 0) is 14.3 Å². The summed E-state index contributed by atoms with van der Waals surface area (Å²) in [5.74, 6) is -0.762. The van der Waals surface area contributed by atoms with Crippen LogP contribution in [0.2, 0.25) is 0 Å². The van der Waals surface area contributed by atoms with Crippen LogP contribution >= 0.6 is 0 Å². The van der Waals surface area contributed by atoms with Crippen LogP contribution in [0.1, 0.15) is 36.7 Å². The van der Waals surface area contributed by atoms with Crippen molar-refractivity contribution in [1.29, 1.82) is 0 Å². The van der Waals surface area contributed by atoms with Crippen molar-refractivity contribution in [1.82, 2.24) is 0 Å². The van der Waals surface area contributed by atoms with Crippen LogP contribution in [0.3, 0.4) is 0 Å². The van der Waals surface area contributed by atoms with Gasteiger partial charge < -0.3 is 9.47 Å². The number of hydrogen-bond acceptors (Lipinski definition) is 5. The summed E-state index contributed by atoms with van der Waals surface area (Å²) >= 11 is 0. The maximum absolute atomic E-state index is 11.4. The first-order valence-electron chi connectivity index (χ1n) is 6.22. The summed E-state index contributed by atoms with van der Waals surface area (Å²) < 4.78 is 9.73. The van der Waals surface area contributed by atoms with Crippen molar-refractivity contribution in [3.05, 3.63) is 35.4 Å². The molecule has 0 aliphatic carbocycles.